The molecule has 0 unspecified atom stereocenters. The van der Waals surface area contributed by atoms with Crippen molar-refractivity contribution < 1.29 is 9.18 Å². The van der Waals surface area contributed by atoms with Gasteiger partial charge >= 0.3 is 0 Å². The lowest BCUT2D eigenvalue weighted by Gasteiger charge is -2.32. The number of carbonyl (C=O) groups excluding carboxylic acids is 1. The van der Waals surface area contributed by atoms with Gasteiger partial charge in [0.1, 0.15) is 5.82 Å². The summed E-state index contributed by atoms with van der Waals surface area (Å²) in [6.07, 6.45) is 1.70. The number of nitrogens with zero attached hydrogens (tertiary/aromatic N) is 1. The molecule has 1 atom stereocenters. The summed E-state index contributed by atoms with van der Waals surface area (Å²) >= 11 is 6.04. The molecule has 1 aliphatic rings. The van der Waals surface area contributed by atoms with Gasteiger partial charge in [-0.2, -0.15) is 0 Å². The number of hydrogen-bond donors (Lipinski definition) is 1. The smallest absolute Gasteiger partial charge is 0.223 e. The molecular weight excluding hydrogens is 351 g/mol. The van der Waals surface area contributed by atoms with Crippen LogP contribution in [-0.2, 0) is 11.3 Å². The number of halogens is 2. The molecule has 2 aromatic carbocycles. The van der Waals surface area contributed by atoms with E-state index in [2.05, 4.69) is 16.3 Å². The molecule has 3 rings (SSSR count). The largest absolute Gasteiger partial charge is 0.349 e. The summed E-state index contributed by atoms with van der Waals surface area (Å²) in [6, 6.07) is 14.1. The van der Waals surface area contributed by atoms with Gasteiger partial charge in [0.05, 0.1) is 6.04 Å². The zero-order chi connectivity index (χ0) is 18.5. The summed E-state index contributed by atoms with van der Waals surface area (Å²) in [5, 5.41) is 3.82. The Morgan fingerprint density at radius 2 is 1.92 bits per heavy atom. The van der Waals surface area contributed by atoms with Crippen LogP contribution in [0.3, 0.4) is 0 Å². The lowest BCUT2D eigenvalue weighted by molar-refractivity contribution is -0.127. The fourth-order valence-corrected chi connectivity index (χ4v) is 3.63. The van der Waals surface area contributed by atoms with Crippen molar-refractivity contribution in [2.45, 2.75) is 32.4 Å². The minimum atomic E-state index is -0.264. The van der Waals surface area contributed by atoms with Gasteiger partial charge in [-0.15, -0.1) is 0 Å². The number of carbonyl (C=O) groups is 1. The minimum Gasteiger partial charge on any atom is -0.349 e. The van der Waals surface area contributed by atoms with E-state index in [-0.39, 0.29) is 23.7 Å². The predicted molar refractivity (Wildman–Crippen MR) is 102 cm³/mol. The fraction of sp³-hybridized carbons (Fsp3) is 0.381. The van der Waals surface area contributed by atoms with Gasteiger partial charge in [-0.1, -0.05) is 35.9 Å². The molecule has 1 saturated heterocycles. The van der Waals surface area contributed by atoms with Crippen molar-refractivity contribution in [1.82, 2.24) is 10.2 Å². The zero-order valence-electron chi connectivity index (χ0n) is 14.9. The number of benzene rings is 2. The van der Waals surface area contributed by atoms with Crippen LogP contribution >= 0.6 is 11.6 Å². The van der Waals surface area contributed by atoms with E-state index >= 15 is 0 Å². The first-order chi connectivity index (χ1) is 12.5. The van der Waals surface area contributed by atoms with Gasteiger partial charge in [-0.25, -0.2) is 4.39 Å². The van der Waals surface area contributed by atoms with Gasteiger partial charge < -0.3 is 5.32 Å². The van der Waals surface area contributed by atoms with E-state index in [1.165, 1.54) is 17.7 Å². The normalized spacial score (nSPS) is 17.0. The Labute approximate surface area is 159 Å². The topological polar surface area (TPSA) is 32.3 Å². The van der Waals surface area contributed by atoms with Gasteiger partial charge in [0.15, 0.2) is 0 Å². The van der Waals surface area contributed by atoms with Crippen LogP contribution in [-0.4, -0.2) is 23.9 Å². The molecule has 0 aliphatic carbocycles. The molecule has 0 bridgehead atoms. The molecule has 1 amide bonds. The molecule has 1 aliphatic heterocycles. The monoisotopic (exact) mass is 374 g/mol. The Hall–Kier alpha value is -1.91. The molecule has 1 N–H and O–H groups in total. The van der Waals surface area contributed by atoms with Crippen molar-refractivity contribution >= 4 is 17.5 Å². The third-order valence-corrected chi connectivity index (χ3v) is 5.22. The number of nitrogens with one attached hydrogen (secondary N) is 1. The summed E-state index contributed by atoms with van der Waals surface area (Å²) in [5.41, 5.74) is 2.11. The molecule has 0 spiro atoms. The van der Waals surface area contributed by atoms with Gasteiger partial charge in [-0.3, -0.25) is 9.69 Å². The van der Waals surface area contributed by atoms with Gasteiger partial charge in [0, 0.05) is 17.5 Å². The minimum absolute atomic E-state index is 0.0357. The summed E-state index contributed by atoms with van der Waals surface area (Å²) in [5.74, 6) is -0.142. The highest BCUT2D eigenvalue weighted by Crippen LogP contribution is 2.22. The first-order valence-electron chi connectivity index (χ1n) is 9.04. The maximum atomic E-state index is 13.0. The molecule has 2 aromatic rings. The highest BCUT2D eigenvalue weighted by atomic mass is 35.5. The van der Waals surface area contributed by atoms with Crippen LogP contribution in [0, 0.1) is 11.7 Å². The second-order valence-electron chi connectivity index (χ2n) is 6.96. The summed E-state index contributed by atoms with van der Waals surface area (Å²) < 4.78 is 13.0. The van der Waals surface area contributed by atoms with Crippen LogP contribution in [0.15, 0.2) is 48.5 Å². The van der Waals surface area contributed by atoms with Crippen LogP contribution in [0.4, 0.5) is 4.39 Å². The summed E-state index contributed by atoms with van der Waals surface area (Å²) in [6.45, 7) is 4.59. The van der Waals surface area contributed by atoms with Crippen LogP contribution < -0.4 is 5.32 Å². The summed E-state index contributed by atoms with van der Waals surface area (Å²) in [7, 11) is 0. The Balaban J connectivity index is 1.48. The molecular formula is C21H24ClFN2O. The lowest BCUT2D eigenvalue weighted by atomic mass is 9.95. The van der Waals surface area contributed by atoms with Gasteiger partial charge in [0.2, 0.25) is 5.91 Å². The average molecular weight is 375 g/mol. The van der Waals surface area contributed by atoms with E-state index < -0.39 is 0 Å². The third kappa shape index (κ3) is 5.05. The van der Waals surface area contributed by atoms with Crippen molar-refractivity contribution in [2.24, 2.45) is 5.92 Å². The van der Waals surface area contributed by atoms with Crippen LogP contribution in [0.1, 0.15) is 36.9 Å². The molecule has 3 nitrogen and oxygen atoms in total. The molecule has 0 saturated carbocycles. The maximum absolute atomic E-state index is 13.0. The van der Waals surface area contributed by atoms with Crippen LogP contribution in [0.5, 0.6) is 0 Å². The highest BCUT2D eigenvalue weighted by molar-refractivity contribution is 6.30. The van der Waals surface area contributed by atoms with Crippen molar-refractivity contribution in [3.63, 3.8) is 0 Å². The second kappa shape index (κ2) is 8.65. The van der Waals surface area contributed by atoms with E-state index in [4.69, 9.17) is 11.6 Å². The van der Waals surface area contributed by atoms with Gasteiger partial charge in [-0.05, 0) is 68.2 Å². The SMILES string of the molecule is C[C@H](NC(=O)C1CCN(Cc2cccc(Cl)c2)CC1)c1ccc(F)cc1. The quantitative estimate of drug-likeness (QED) is 0.831. The number of piperidine rings is 1. The fourth-order valence-electron chi connectivity index (χ4n) is 3.41. The van der Waals surface area contributed by atoms with E-state index in [9.17, 15) is 9.18 Å². The predicted octanol–water partition coefficient (Wildman–Crippen LogP) is 4.57. The van der Waals surface area contributed by atoms with Gasteiger partial charge in [0.25, 0.3) is 0 Å². The maximum Gasteiger partial charge on any atom is 0.223 e. The number of amides is 1. The Kier molecular flexibility index (Phi) is 6.28. The molecule has 0 radical (unpaired) electrons. The molecule has 1 fully saturated rings. The van der Waals surface area contributed by atoms with E-state index in [1.54, 1.807) is 12.1 Å². The van der Waals surface area contributed by atoms with Crippen molar-refractivity contribution in [3.05, 3.63) is 70.5 Å². The molecule has 5 heteroatoms. The van der Waals surface area contributed by atoms with Crippen molar-refractivity contribution in [3.8, 4) is 0 Å². The van der Waals surface area contributed by atoms with Crippen molar-refractivity contribution in [1.29, 1.82) is 0 Å². The Bertz CT molecular complexity index is 742. The molecule has 0 aromatic heterocycles. The first kappa shape index (κ1) is 18.9. The Morgan fingerprint density at radius 3 is 2.58 bits per heavy atom. The standard InChI is InChI=1S/C21H24ClFN2O/c1-15(17-5-7-20(23)8-6-17)24-21(26)18-9-11-25(12-10-18)14-16-3-2-4-19(22)13-16/h2-8,13,15,18H,9-12,14H2,1H3,(H,24,26)/t15-/m0/s1. The number of rotatable bonds is 5. The Morgan fingerprint density at radius 1 is 1.23 bits per heavy atom. The summed E-state index contributed by atoms with van der Waals surface area (Å²) in [4.78, 5) is 14.9. The van der Waals surface area contributed by atoms with E-state index in [0.717, 1.165) is 43.1 Å². The zero-order valence-corrected chi connectivity index (χ0v) is 15.7. The van der Waals surface area contributed by atoms with Crippen LogP contribution in [0.2, 0.25) is 5.02 Å². The third-order valence-electron chi connectivity index (χ3n) is 4.98. The van der Waals surface area contributed by atoms with E-state index in [0.29, 0.717) is 0 Å². The average Bonchev–Trinajstić information content (AvgIpc) is 2.63. The van der Waals surface area contributed by atoms with Crippen LogP contribution in [0.25, 0.3) is 0 Å². The first-order valence-corrected chi connectivity index (χ1v) is 9.41. The number of likely N-dealkylation sites (tertiary alicyclic amines) is 1. The van der Waals surface area contributed by atoms with E-state index in [1.807, 2.05) is 25.1 Å². The number of hydrogen-bond acceptors (Lipinski definition) is 2. The second-order valence-corrected chi connectivity index (χ2v) is 7.40. The lowest BCUT2D eigenvalue weighted by Crippen LogP contribution is -2.40. The molecule has 26 heavy (non-hydrogen) atoms. The van der Waals surface area contributed by atoms with Crippen molar-refractivity contribution in [2.75, 3.05) is 13.1 Å². The molecule has 1 heterocycles. The highest BCUT2D eigenvalue weighted by Gasteiger charge is 2.26. The molecule has 138 valence electrons.